The van der Waals surface area contributed by atoms with Gasteiger partial charge in [-0.2, -0.15) is 5.10 Å². The summed E-state index contributed by atoms with van der Waals surface area (Å²) in [5.41, 5.74) is 0.500. The maximum absolute atomic E-state index is 5.30. The van der Waals surface area contributed by atoms with Crippen LogP contribution in [0.4, 0.5) is 0 Å². The minimum atomic E-state index is -0.286. The molecule has 96 valence electrons. The smallest absolute Gasteiger partial charge is 0.196 e. The van der Waals surface area contributed by atoms with E-state index in [-0.39, 0.29) is 5.54 Å². The first-order chi connectivity index (χ1) is 8.56. The molecule has 0 aliphatic heterocycles. The van der Waals surface area contributed by atoms with Crippen LogP contribution in [0.3, 0.4) is 0 Å². The van der Waals surface area contributed by atoms with Gasteiger partial charge in [-0.3, -0.25) is 14.6 Å². The second-order valence-corrected chi connectivity index (χ2v) is 5.03. The molecule has 5 nitrogen and oxygen atoms in total. The fourth-order valence-electron chi connectivity index (χ4n) is 1.94. The van der Waals surface area contributed by atoms with E-state index in [9.17, 15) is 0 Å². The number of methoxy groups -OCH3 is 1. The van der Waals surface area contributed by atoms with E-state index in [0.29, 0.717) is 11.4 Å². The summed E-state index contributed by atoms with van der Waals surface area (Å²) >= 11 is 5.30. The van der Waals surface area contributed by atoms with Gasteiger partial charge in [0.25, 0.3) is 0 Å². The first-order valence-electron chi connectivity index (χ1n) is 5.64. The van der Waals surface area contributed by atoms with Gasteiger partial charge >= 0.3 is 0 Å². The molecule has 2 aromatic heterocycles. The molecule has 2 aromatic rings. The van der Waals surface area contributed by atoms with Crippen molar-refractivity contribution in [2.24, 2.45) is 0 Å². The maximum Gasteiger partial charge on any atom is 0.196 e. The highest BCUT2D eigenvalue weighted by Crippen LogP contribution is 2.23. The van der Waals surface area contributed by atoms with Crippen molar-refractivity contribution in [3.63, 3.8) is 0 Å². The zero-order valence-corrected chi connectivity index (χ0v) is 11.5. The van der Waals surface area contributed by atoms with Crippen LogP contribution in [0.25, 0.3) is 11.5 Å². The average molecular weight is 264 g/mol. The Bertz CT molecular complexity index is 573. The SMILES string of the molecule is COCC(C)(C)n1c(-c2ccccn2)n[nH]c1=S. The number of nitrogens with zero attached hydrogens (tertiary/aromatic N) is 3. The Hall–Kier alpha value is -1.53. The van der Waals surface area contributed by atoms with E-state index in [2.05, 4.69) is 15.2 Å². The molecular weight excluding hydrogens is 248 g/mol. The summed E-state index contributed by atoms with van der Waals surface area (Å²) < 4.78 is 7.75. The number of pyridine rings is 1. The molecule has 0 bridgehead atoms. The Morgan fingerprint density at radius 1 is 1.44 bits per heavy atom. The zero-order chi connectivity index (χ0) is 13.2. The summed E-state index contributed by atoms with van der Waals surface area (Å²) in [6.07, 6.45) is 1.74. The van der Waals surface area contributed by atoms with Crippen molar-refractivity contribution in [1.29, 1.82) is 0 Å². The quantitative estimate of drug-likeness (QED) is 0.861. The molecule has 0 unspecified atom stereocenters. The molecule has 18 heavy (non-hydrogen) atoms. The van der Waals surface area contributed by atoms with Crippen molar-refractivity contribution in [2.45, 2.75) is 19.4 Å². The van der Waals surface area contributed by atoms with Crippen LogP contribution in [0, 0.1) is 4.77 Å². The molecule has 0 amide bonds. The van der Waals surface area contributed by atoms with E-state index >= 15 is 0 Å². The van der Waals surface area contributed by atoms with Crippen LogP contribution in [0.1, 0.15) is 13.8 Å². The van der Waals surface area contributed by atoms with E-state index in [0.717, 1.165) is 11.5 Å². The molecule has 0 saturated carbocycles. The summed E-state index contributed by atoms with van der Waals surface area (Å²) in [6.45, 7) is 4.64. The highest BCUT2D eigenvalue weighted by molar-refractivity contribution is 7.71. The van der Waals surface area contributed by atoms with Gasteiger partial charge in [0.2, 0.25) is 0 Å². The third kappa shape index (κ3) is 2.34. The molecule has 0 aromatic carbocycles. The van der Waals surface area contributed by atoms with Gasteiger partial charge in [0.15, 0.2) is 10.6 Å². The number of hydrogen-bond acceptors (Lipinski definition) is 4. The van der Waals surface area contributed by atoms with Crippen molar-refractivity contribution in [3.8, 4) is 11.5 Å². The molecule has 0 fully saturated rings. The van der Waals surface area contributed by atoms with Crippen LogP contribution in [-0.2, 0) is 10.3 Å². The van der Waals surface area contributed by atoms with Gasteiger partial charge in [-0.1, -0.05) is 6.07 Å². The second kappa shape index (κ2) is 4.99. The van der Waals surface area contributed by atoms with E-state index in [4.69, 9.17) is 17.0 Å². The number of aromatic amines is 1. The summed E-state index contributed by atoms with van der Waals surface area (Å²) in [4.78, 5) is 4.31. The van der Waals surface area contributed by atoms with Crippen LogP contribution < -0.4 is 0 Å². The molecule has 2 rings (SSSR count). The van der Waals surface area contributed by atoms with E-state index in [1.54, 1.807) is 13.3 Å². The van der Waals surface area contributed by atoms with Gasteiger partial charge in [0, 0.05) is 13.3 Å². The molecule has 0 radical (unpaired) electrons. The predicted molar refractivity (Wildman–Crippen MR) is 71.8 cm³/mol. The first-order valence-corrected chi connectivity index (χ1v) is 6.05. The molecule has 6 heteroatoms. The molecular formula is C12H16N4OS. The van der Waals surface area contributed by atoms with Crippen LogP contribution >= 0.6 is 12.2 Å². The lowest BCUT2D eigenvalue weighted by atomic mass is 10.1. The third-order valence-corrected chi connectivity index (χ3v) is 2.94. The third-order valence-electron chi connectivity index (χ3n) is 2.67. The standard InChI is InChI=1S/C12H16N4OS/c1-12(2,8-17-3)16-10(14-15-11(16)18)9-6-4-5-7-13-9/h4-7H,8H2,1-3H3,(H,15,18). The summed E-state index contributed by atoms with van der Waals surface area (Å²) in [6, 6.07) is 5.70. The fraction of sp³-hybridized carbons (Fsp3) is 0.417. The molecule has 0 saturated heterocycles. The fourth-order valence-corrected chi connectivity index (χ4v) is 2.32. The zero-order valence-electron chi connectivity index (χ0n) is 10.7. The highest BCUT2D eigenvalue weighted by atomic mass is 32.1. The van der Waals surface area contributed by atoms with E-state index < -0.39 is 0 Å². The van der Waals surface area contributed by atoms with Crippen LogP contribution in [0.15, 0.2) is 24.4 Å². The largest absolute Gasteiger partial charge is 0.382 e. The van der Waals surface area contributed by atoms with E-state index in [1.807, 2.05) is 36.6 Å². The van der Waals surface area contributed by atoms with Crippen LogP contribution in [0.2, 0.25) is 0 Å². The minimum absolute atomic E-state index is 0.286. The van der Waals surface area contributed by atoms with Gasteiger partial charge in [0.1, 0.15) is 5.69 Å². The summed E-state index contributed by atoms with van der Waals surface area (Å²) in [5.74, 6) is 0.725. The lowest BCUT2D eigenvalue weighted by Gasteiger charge is -2.26. The second-order valence-electron chi connectivity index (χ2n) is 4.65. The Kier molecular flexibility index (Phi) is 3.58. The Labute approximate surface area is 111 Å². The topological polar surface area (TPSA) is 55.7 Å². The first kappa shape index (κ1) is 12.9. The highest BCUT2D eigenvalue weighted by Gasteiger charge is 2.25. The molecule has 0 spiro atoms. The summed E-state index contributed by atoms with van der Waals surface area (Å²) in [5, 5.41) is 7.08. The van der Waals surface area contributed by atoms with Crippen LogP contribution in [-0.4, -0.2) is 33.5 Å². The molecule has 1 N–H and O–H groups in total. The Balaban J connectivity index is 2.56. The van der Waals surface area contributed by atoms with Crippen LogP contribution in [0.5, 0.6) is 0 Å². The molecule has 0 aliphatic rings. The number of H-pyrrole nitrogens is 1. The van der Waals surface area contributed by atoms with Gasteiger partial charge in [-0.15, -0.1) is 0 Å². The molecule has 2 heterocycles. The monoisotopic (exact) mass is 264 g/mol. The van der Waals surface area contributed by atoms with Crippen molar-refractivity contribution < 1.29 is 4.74 Å². The van der Waals surface area contributed by atoms with Gasteiger partial charge < -0.3 is 4.74 Å². The van der Waals surface area contributed by atoms with E-state index in [1.165, 1.54) is 0 Å². The van der Waals surface area contributed by atoms with Crippen molar-refractivity contribution in [2.75, 3.05) is 13.7 Å². The Morgan fingerprint density at radius 3 is 2.83 bits per heavy atom. The number of hydrogen-bond donors (Lipinski definition) is 1. The number of aromatic nitrogens is 4. The average Bonchev–Trinajstić information content (AvgIpc) is 2.73. The lowest BCUT2D eigenvalue weighted by Crippen LogP contribution is -2.32. The number of nitrogens with one attached hydrogen (secondary N) is 1. The molecule has 0 aliphatic carbocycles. The number of rotatable bonds is 4. The summed E-state index contributed by atoms with van der Waals surface area (Å²) in [7, 11) is 1.67. The Morgan fingerprint density at radius 2 is 2.22 bits per heavy atom. The normalized spacial score (nSPS) is 11.7. The molecule has 0 atom stereocenters. The minimum Gasteiger partial charge on any atom is -0.382 e. The van der Waals surface area contributed by atoms with Crippen molar-refractivity contribution in [1.82, 2.24) is 19.7 Å². The maximum atomic E-state index is 5.30. The van der Waals surface area contributed by atoms with Crippen molar-refractivity contribution >= 4 is 12.2 Å². The van der Waals surface area contributed by atoms with Gasteiger partial charge in [-0.25, -0.2) is 0 Å². The lowest BCUT2D eigenvalue weighted by molar-refractivity contribution is 0.109. The number of ether oxygens (including phenoxy) is 1. The van der Waals surface area contributed by atoms with Gasteiger partial charge in [0.05, 0.1) is 12.1 Å². The van der Waals surface area contributed by atoms with Crippen molar-refractivity contribution in [3.05, 3.63) is 29.2 Å². The predicted octanol–water partition coefficient (Wildman–Crippen LogP) is 2.38. The van der Waals surface area contributed by atoms with Gasteiger partial charge in [-0.05, 0) is 38.2 Å².